The molecular weight excluding hydrogens is 572 g/mol. The number of fused-ring (bicyclic) bond motifs is 1. The van der Waals surface area contributed by atoms with Crippen LogP contribution in [0.2, 0.25) is 0 Å². The summed E-state index contributed by atoms with van der Waals surface area (Å²) in [6.07, 6.45) is 3.28. The molecule has 0 aliphatic heterocycles. The SMILES string of the molecule is NC(=O)[C@@H](CCCN=C(N)N)n1c(-c2cccc(Sc3ccccc3)c2)nc2cc(C(=O)NCCc3ccccn3)ccc21. The molecule has 2 amide bonds. The summed E-state index contributed by atoms with van der Waals surface area (Å²) in [4.78, 5) is 41.4. The van der Waals surface area contributed by atoms with Crippen LogP contribution in [0.5, 0.6) is 0 Å². The van der Waals surface area contributed by atoms with E-state index in [2.05, 4.69) is 27.4 Å². The quantitative estimate of drug-likeness (QED) is 0.0880. The summed E-state index contributed by atoms with van der Waals surface area (Å²) in [5.41, 5.74) is 20.4. The molecule has 10 nitrogen and oxygen atoms in total. The fourth-order valence-corrected chi connectivity index (χ4v) is 5.82. The number of carbonyl (C=O) groups is 2. The molecule has 11 heteroatoms. The average Bonchev–Trinajstić information content (AvgIpc) is 3.40. The standard InChI is InChI=1S/C33H34N8O2S/c34-30(42)29(13-7-18-39-33(35)36)41-28-15-14-23(32(43)38-19-16-24-9-4-5-17-37-24)21-27(28)40-31(41)22-8-6-12-26(20-22)44-25-10-2-1-3-11-25/h1-6,8-12,14-15,17,20-21,29H,7,13,16,18-19H2,(H2,34,42)(H,38,43)(H4,35,36,39)/t29-/m1/s1. The highest BCUT2D eigenvalue weighted by Gasteiger charge is 2.25. The third-order valence-corrected chi connectivity index (χ3v) is 7.98. The topological polar surface area (TPSA) is 167 Å². The highest BCUT2D eigenvalue weighted by Crippen LogP contribution is 2.34. The number of amides is 2. The zero-order chi connectivity index (χ0) is 30.9. The van der Waals surface area contributed by atoms with Gasteiger partial charge in [-0.25, -0.2) is 4.98 Å². The van der Waals surface area contributed by atoms with Gasteiger partial charge in [-0.2, -0.15) is 0 Å². The number of benzene rings is 3. The van der Waals surface area contributed by atoms with Gasteiger partial charge in [0.1, 0.15) is 11.9 Å². The third kappa shape index (κ3) is 7.61. The van der Waals surface area contributed by atoms with E-state index in [1.54, 1.807) is 30.1 Å². The van der Waals surface area contributed by atoms with Crippen molar-refractivity contribution >= 4 is 40.6 Å². The van der Waals surface area contributed by atoms with Crippen LogP contribution in [0.1, 0.15) is 34.9 Å². The maximum absolute atomic E-state index is 13.1. The molecule has 0 saturated heterocycles. The summed E-state index contributed by atoms with van der Waals surface area (Å²) in [5, 5.41) is 2.96. The number of primary amides is 1. The Labute approximate surface area is 259 Å². The first-order chi connectivity index (χ1) is 21.4. The van der Waals surface area contributed by atoms with Crippen molar-refractivity contribution in [1.82, 2.24) is 19.9 Å². The number of rotatable bonds is 13. The van der Waals surface area contributed by atoms with Crippen LogP contribution in [0.4, 0.5) is 0 Å². The fourth-order valence-electron chi connectivity index (χ4n) is 4.93. The molecule has 0 fully saturated rings. The molecule has 0 aliphatic rings. The third-order valence-electron chi connectivity index (χ3n) is 6.99. The van der Waals surface area contributed by atoms with Gasteiger partial charge >= 0.3 is 0 Å². The summed E-state index contributed by atoms with van der Waals surface area (Å²) < 4.78 is 1.86. The van der Waals surface area contributed by atoms with Gasteiger partial charge in [-0.3, -0.25) is 19.6 Å². The first-order valence-electron chi connectivity index (χ1n) is 14.3. The Morgan fingerprint density at radius 3 is 2.45 bits per heavy atom. The van der Waals surface area contributed by atoms with Gasteiger partial charge < -0.3 is 27.1 Å². The second-order valence-corrected chi connectivity index (χ2v) is 11.3. The Bertz CT molecular complexity index is 1770. The minimum Gasteiger partial charge on any atom is -0.370 e. The Balaban J connectivity index is 1.49. The summed E-state index contributed by atoms with van der Waals surface area (Å²) in [6, 6.07) is 28.3. The Hall–Kier alpha value is -5.16. The summed E-state index contributed by atoms with van der Waals surface area (Å²) in [7, 11) is 0. The molecule has 5 rings (SSSR count). The van der Waals surface area contributed by atoms with E-state index in [-0.39, 0.29) is 11.9 Å². The molecule has 44 heavy (non-hydrogen) atoms. The molecule has 0 spiro atoms. The normalized spacial score (nSPS) is 11.6. The van der Waals surface area contributed by atoms with E-state index in [1.165, 1.54) is 0 Å². The number of hydrogen-bond acceptors (Lipinski definition) is 6. The van der Waals surface area contributed by atoms with Crippen molar-refractivity contribution in [3.8, 4) is 11.4 Å². The van der Waals surface area contributed by atoms with E-state index in [0.717, 1.165) is 21.0 Å². The van der Waals surface area contributed by atoms with Crippen molar-refractivity contribution in [2.45, 2.75) is 35.1 Å². The molecular formula is C33H34N8O2S. The summed E-state index contributed by atoms with van der Waals surface area (Å²) in [6.45, 7) is 0.805. The van der Waals surface area contributed by atoms with Crippen LogP contribution < -0.4 is 22.5 Å². The highest BCUT2D eigenvalue weighted by atomic mass is 32.2. The number of nitrogens with one attached hydrogen (secondary N) is 1. The van der Waals surface area contributed by atoms with E-state index in [9.17, 15) is 9.59 Å². The van der Waals surface area contributed by atoms with Gasteiger partial charge in [-0.1, -0.05) is 48.2 Å². The zero-order valence-electron chi connectivity index (χ0n) is 24.1. The van der Waals surface area contributed by atoms with Crippen molar-refractivity contribution < 1.29 is 9.59 Å². The van der Waals surface area contributed by atoms with Crippen molar-refractivity contribution in [2.24, 2.45) is 22.2 Å². The monoisotopic (exact) mass is 606 g/mol. The first-order valence-corrected chi connectivity index (χ1v) is 15.1. The molecule has 0 unspecified atom stereocenters. The molecule has 7 N–H and O–H groups in total. The smallest absolute Gasteiger partial charge is 0.251 e. The van der Waals surface area contributed by atoms with Crippen LogP contribution >= 0.6 is 11.8 Å². The van der Waals surface area contributed by atoms with E-state index in [0.29, 0.717) is 54.8 Å². The van der Waals surface area contributed by atoms with Gasteiger partial charge in [-0.15, -0.1) is 0 Å². The fraction of sp³-hybridized carbons (Fsp3) is 0.182. The summed E-state index contributed by atoms with van der Waals surface area (Å²) >= 11 is 1.63. The lowest BCUT2D eigenvalue weighted by Crippen LogP contribution is -2.28. The lowest BCUT2D eigenvalue weighted by atomic mass is 10.1. The van der Waals surface area contributed by atoms with Crippen LogP contribution in [0.25, 0.3) is 22.4 Å². The van der Waals surface area contributed by atoms with Crippen LogP contribution in [0.15, 0.2) is 112 Å². The maximum atomic E-state index is 13.1. The maximum Gasteiger partial charge on any atom is 0.251 e. The Morgan fingerprint density at radius 1 is 0.909 bits per heavy atom. The Kier molecular flexibility index (Phi) is 9.88. The molecule has 0 aliphatic carbocycles. The van der Waals surface area contributed by atoms with E-state index in [4.69, 9.17) is 22.2 Å². The lowest BCUT2D eigenvalue weighted by molar-refractivity contribution is -0.121. The molecule has 5 aromatic rings. The zero-order valence-corrected chi connectivity index (χ0v) is 24.9. The van der Waals surface area contributed by atoms with Gasteiger partial charge in [0.25, 0.3) is 5.91 Å². The van der Waals surface area contributed by atoms with Crippen molar-refractivity contribution in [3.63, 3.8) is 0 Å². The number of aliphatic imine (C=N–C) groups is 1. The van der Waals surface area contributed by atoms with E-state index >= 15 is 0 Å². The minimum atomic E-state index is -0.715. The second kappa shape index (κ2) is 14.3. The minimum absolute atomic E-state index is 0.00652. The highest BCUT2D eigenvalue weighted by molar-refractivity contribution is 7.99. The Morgan fingerprint density at radius 2 is 1.70 bits per heavy atom. The van der Waals surface area contributed by atoms with Gasteiger partial charge in [0, 0.05) is 52.3 Å². The number of carbonyl (C=O) groups excluding carboxylic acids is 2. The van der Waals surface area contributed by atoms with Crippen molar-refractivity contribution in [3.05, 3.63) is 108 Å². The first kappa shape index (κ1) is 30.3. The van der Waals surface area contributed by atoms with E-state index in [1.807, 2.05) is 71.3 Å². The molecule has 3 aromatic carbocycles. The summed E-state index contributed by atoms with van der Waals surface area (Å²) in [5.74, 6) is -0.146. The number of aromatic nitrogens is 3. The predicted molar refractivity (Wildman–Crippen MR) is 174 cm³/mol. The number of nitrogens with two attached hydrogens (primary N) is 3. The number of imidazole rings is 1. The second-order valence-electron chi connectivity index (χ2n) is 10.1. The van der Waals surface area contributed by atoms with Crippen LogP contribution in [0, 0.1) is 0 Å². The van der Waals surface area contributed by atoms with Crippen LogP contribution in [-0.4, -0.2) is 45.4 Å². The van der Waals surface area contributed by atoms with Crippen molar-refractivity contribution in [1.29, 1.82) is 0 Å². The van der Waals surface area contributed by atoms with Gasteiger partial charge in [0.2, 0.25) is 5.91 Å². The number of pyridine rings is 1. The lowest BCUT2D eigenvalue weighted by Gasteiger charge is -2.19. The van der Waals surface area contributed by atoms with Crippen LogP contribution in [0.3, 0.4) is 0 Å². The molecule has 224 valence electrons. The number of guanidine groups is 1. The molecule has 0 radical (unpaired) electrons. The molecule has 2 heterocycles. The molecule has 2 aromatic heterocycles. The van der Waals surface area contributed by atoms with Gasteiger partial charge in [0.15, 0.2) is 5.96 Å². The van der Waals surface area contributed by atoms with Gasteiger partial charge in [0.05, 0.1) is 11.0 Å². The average molecular weight is 607 g/mol. The largest absolute Gasteiger partial charge is 0.370 e. The van der Waals surface area contributed by atoms with E-state index < -0.39 is 11.9 Å². The molecule has 1 atom stereocenters. The number of nitrogens with zero attached hydrogens (tertiary/aromatic N) is 4. The van der Waals surface area contributed by atoms with Crippen molar-refractivity contribution in [2.75, 3.05) is 13.1 Å². The molecule has 0 bridgehead atoms. The van der Waals surface area contributed by atoms with Gasteiger partial charge in [-0.05, 0) is 67.4 Å². The molecule has 0 saturated carbocycles. The van der Waals surface area contributed by atoms with Crippen LogP contribution in [-0.2, 0) is 11.2 Å². The number of hydrogen-bond donors (Lipinski definition) is 4. The predicted octanol–water partition coefficient (Wildman–Crippen LogP) is 4.30.